The third-order valence-corrected chi connectivity index (χ3v) is 8.35. The largest absolute Gasteiger partial charge is 0.497 e. The van der Waals surface area contributed by atoms with E-state index < -0.39 is 17.2 Å². The molecule has 2 aromatic carbocycles. The van der Waals surface area contributed by atoms with Gasteiger partial charge in [0.2, 0.25) is 0 Å². The van der Waals surface area contributed by atoms with Gasteiger partial charge in [-0.25, -0.2) is 13.6 Å². The highest BCUT2D eigenvalue weighted by Gasteiger charge is 2.54. The van der Waals surface area contributed by atoms with Gasteiger partial charge in [-0.05, 0) is 49.9 Å². The summed E-state index contributed by atoms with van der Waals surface area (Å²) >= 11 is 0. The molecule has 37 heavy (non-hydrogen) atoms. The molecule has 1 atom stereocenters. The Balaban J connectivity index is 1.47. The summed E-state index contributed by atoms with van der Waals surface area (Å²) in [6.45, 7) is 8.34. The number of methoxy groups -OCH3 is 2. The zero-order valence-corrected chi connectivity index (χ0v) is 22.2. The van der Waals surface area contributed by atoms with Crippen LogP contribution in [0.5, 0.6) is 11.5 Å². The summed E-state index contributed by atoms with van der Waals surface area (Å²) in [5, 5.41) is 0. The Morgan fingerprint density at radius 2 is 1.84 bits per heavy atom. The Bertz CT molecular complexity index is 1250. The average Bonchev–Trinajstić information content (AvgIpc) is 3.00. The molecule has 0 aromatic heterocycles. The van der Waals surface area contributed by atoms with Crippen molar-refractivity contribution in [1.29, 1.82) is 0 Å². The summed E-state index contributed by atoms with van der Waals surface area (Å²) in [6.07, 6.45) is 3.62. The molecular weight excluding hydrogens is 476 g/mol. The van der Waals surface area contributed by atoms with E-state index in [2.05, 4.69) is 17.9 Å². The van der Waals surface area contributed by atoms with E-state index in [-0.39, 0.29) is 24.1 Å². The van der Waals surface area contributed by atoms with Gasteiger partial charge in [0.1, 0.15) is 23.1 Å². The van der Waals surface area contributed by atoms with Crippen LogP contribution in [0.3, 0.4) is 0 Å². The molecule has 3 aliphatic heterocycles. The van der Waals surface area contributed by atoms with Crippen molar-refractivity contribution in [3.63, 3.8) is 0 Å². The number of fused-ring (bicyclic) bond motifs is 3. The molecule has 0 N–H and O–H groups in total. The molecule has 2 fully saturated rings. The van der Waals surface area contributed by atoms with E-state index in [1.54, 1.807) is 21.1 Å². The predicted molar refractivity (Wildman–Crippen MR) is 138 cm³/mol. The fourth-order valence-corrected chi connectivity index (χ4v) is 6.43. The summed E-state index contributed by atoms with van der Waals surface area (Å²) in [7, 11) is 3.28. The van der Waals surface area contributed by atoms with Gasteiger partial charge in [0.25, 0.3) is 0 Å². The maximum atomic E-state index is 14.7. The maximum Gasteiger partial charge on any atom is 0.325 e. The van der Waals surface area contributed by atoms with Gasteiger partial charge >= 0.3 is 6.03 Å². The smallest absolute Gasteiger partial charge is 0.325 e. The number of hydrogen-bond acceptors (Lipinski definition) is 4. The van der Waals surface area contributed by atoms with Crippen LogP contribution in [-0.2, 0) is 13.1 Å². The fraction of sp³-hybridized carbons (Fsp3) is 0.483. The van der Waals surface area contributed by atoms with Crippen molar-refractivity contribution in [2.24, 2.45) is 0 Å². The lowest BCUT2D eigenvalue weighted by Crippen LogP contribution is -2.53. The summed E-state index contributed by atoms with van der Waals surface area (Å²) < 4.78 is 40.3. The molecule has 0 saturated carbocycles. The van der Waals surface area contributed by atoms with Crippen LogP contribution in [0.2, 0.25) is 0 Å². The van der Waals surface area contributed by atoms with Crippen LogP contribution in [0.15, 0.2) is 36.0 Å². The quantitative estimate of drug-likeness (QED) is 0.526. The van der Waals surface area contributed by atoms with E-state index >= 15 is 0 Å². The lowest BCUT2D eigenvalue weighted by atomic mass is 9.82. The molecule has 2 aromatic rings. The van der Waals surface area contributed by atoms with E-state index in [4.69, 9.17) is 9.47 Å². The van der Waals surface area contributed by atoms with Crippen molar-refractivity contribution >= 4 is 6.03 Å². The number of carbonyl (C=O) groups is 1. The molecule has 5 rings (SSSR count). The topological polar surface area (TPSA) is 45.3 Å². The molecule has 0 aliphatic carbocycles. The number of nitrogens with zero attached hydrogens (tertiary/aromatic N) is 3. The summed E-state index contributed by atoms with van der Waals surface area (Å²) in [5.41, 5.74) is 3.23. The molecule has 3 heterocycles. The van der Waals surface area contributed by atoms with Crippen molar-refractivity contribution in [2.45, 2.75) is 58.2 Å². The van der Waals surface area contributed by atoms with Gasteiger partial charge in [0, 0.05) is 55.0 Å². The normalized spacial score (nSPS) is 21.0. The Hall–Kier alpha value is -3.13. The predicted octanol–water partition coefficient (Wildman–Crippen LogP) is 5.58. The Labute approximate surface area is 217 Å². The Morgan fingerprint density at radius 1 is 1.11 bits per heavy atom. The SMILES string of the molecule is CCN1C(=O)N2Cc3cc(OC)cc(OC)c3C(C)C=C2C12CCN(Cc1c(F)ccc(C)c1F)CC2. The highest BCUT2D eigenvalue weighted by atomic mass is 19.1. The maximum absolute atomic E-state index is 14.7. The van der Waals surface area contributed by atoms with Gasteiger partial charge in [0.05, 0.1) is 26.3 Å². The lowest BCUT2D eigenvalue weighted by Gasteiger charge is -2.44. The number of likely N-dealkylation sites (N-methyl/N-ethyl adjacent to an activating group) is 1. The number of amides is 2. The first kappa shape index (κ1) is 25.5. The number of benzene rings is 2. The summed E-state index contributed by atoms with van der Waals surface area (Å²) in [6, 6.07) is 6.69. The van der Waals surface area contributed by atoms with Gasteiger partial charge in [0.15, 0.2) is 0 Å². The fourth-order valence-electron chi connectivity index (χ4n) is 6.43. The number of allylic oxidation sites excluding steroid dienone is 1. The van der Waals surface area contributed by atoms with Crippen molar-refractivity contribution in [3.05, 3.63) is 69.9 Å². The Morgan fingerprint density at radius 3 is 2.49 bits per heavy atom. The molecule has 0 radical (unpaired) electrons. The number of piperidine rings is 1. The highest BCUT2D eigenvalue weighted by Crippen LogP contribution is 2.49. The monoisotopic (exact) mass is 511 g/mol. The second-order valence-electron chi connectivity index (χ2n) is 10.3. The van der Waals surface area contributed by atoms with Crippen molar-refractivity contribution in [1.82, 2.24) is 14.7 Å². The molecule has 0 bridgehead atoms. The zero-order chi connectivity index (χ0) is 26.5. The average molecular weight is 512 g/mol. The second-order valence-corrected chi connectivity index (χ2v) is 10.3. The standard InChI is InChI=1S/C29H35F2N3O3/c1-6-34-28(35)33-16-20-14-21(36-4)15-24(37-5)26(20)19(3)13-25(33)29(34)9-11-32(12-10-29)17-22-23(30)8-7-18(2)27(22)31/h7-8,13-15,19H,6,9-12,16-17H2,1-5H3. The first-order valence-corrected chi connectivity index (χ1v) is 13.0. The van der Waals surface area contributed by atoms with Gasteiger partial charge in [-0.2, -0.15) is 0 Å². The minimum absolute atomic E-state index is 0.000176. The van der Waals surface area contributed by atoms with E-state index in [1.165, 1.54) is 12.1 Å². The second kappa shape index (κ2) is 9.63. The number of ether oxygens (including phenoxy) is 2. The van der Waals surface area contributed by atoms with E-state index in [0.29, 0.717) is 50.3 Å². The molecule has 2 amide bonds. The van der Waals surface area contributed by atoms with E-state index in [9.17, 15) is 13.6 Å². The van der Waals surface area contributed by atoms with Gasteiger partial charge in [-0.1, -0.05) is 19.1 Å². The van der Waals surface area contributed by atoms with Crippen molar-refractivity contribution in [3.8, 4) is 11.5 Å². The number of halogens is 2. The molecule has 8 heteroatoms. The summed E-state index contributed by atoms with van der Waals surface area (Å²) in [4.78, 5) is 19.7. The minimum atomic E-state index is -0.511. The van der Waals surface area contributed by atoms with Crippen LogP contribution >= 0.6 is 0 Å². The highest BCUT2D eigenvalue weighted by molar-refractivity contribution is 5.83. The number of likely N-dealkylation sites (tertiary alicyclic amines) is 1. The van der Waals surface area contributed by atoms with Crippen LogP contribution < -0.4 is 9.47 Å². The first-order chi connectivity index (χ1) is 17.7. The third-order valence-electron chi connectivity index (χ3n) is 8.35. The van der Waals surface area contributed by atoms with E-state index in [1.807, 2.05) is 28.9 Å². The van der Waals surface area contributed by atoms with Crippen LogP contribution in [-0.4, -0.2) is 60.1 Å². The van der Waals surface area contributed by atoms with Crippen molar-refractivity contribution in [2.75, 3.05) is 33.9 Å². The number of carbonyl (C=O) groups excluding carboxylic acids is 1. The number of aryl methyl sites for hydroxylation is 1. The summed E-state index contributed by atoms with van der Waals surface area (Å²) in [5.74, 6) is 0.504. The molecule has 2 saturated heterocycles. The first-order valence-electron chi connectivity index (χ1n) is 13.0. The van der Waals surface area contributed by atoms with Crippen LogP contribution in [0.4, 0.5) is 13.6 Å². The lowest BCUT2D eigenvalue weighted by molar-refractivity contribution is 0.0876. The molecule has 3 aliphatic rings. The van der Waals surface area contributed by atoms with Crippen LogP contribution in [0.1, 0.15) is 54.9 Å². The van der Waals surface area contributed by atoms with Crippen LogP contribution in [0.25, 0.3) is 0 Å². The van der Waals surface area contributed by atoms with E-state index in [0.717, 1.165) is 22.6 Å². The zero-order valence-electron chi connectivity index (χ0n) is 22.2. The number of urea groups is 1. The molecule has 198 valence electrons. The van der Waals surface area contributed by atoms with Crippen molar-refractivity contribution < 1.29 is 23.0 Å². The van der Waals surface area contributed by atoms with Crippen LogP contribution in [0, 0.1) is 18.6 Å². The third kappa shape index (κ3) is 4.06. The number of rotatable bonds is 5. The number of hydrogen-bond donors (Lipinski definition) is 0. The van der Waals surface area contributed by atoms with Gasteiger partial charge < -0.3 is 14.4 Å². The molecule has 6 nitrogen and oxygen atoms in total. The minimum Gasteiger partial charge on any atom is -0.497 e. The molecule has 1 spiro atoms. The molecular formula is C29H35F2N3O3. The Kier molecular flexibility index (Phi) is 6.64. The van der Waals surface area contributed by atoms with Gasteiger partial charge in [-0.3, -0.25) is 9.80 Å². The van der Waals surface area contributed by atoms with Gasteiger partial charge in [-0.15, -0.1) is 0 Å². The molecule has 1 unspecified atom stereocenters.